The Hall–Kier alpha value is -3.25. The highest BCUT2D eigenvalue weighted by Crippen LogP contribution is 2.24. The maximum atomic E-state index is 6.09. The molecule has 7 heteroatoms. The largest absolute Gasteiger partial charge is 0.486 e. The fourth-order valence-electron chi connectivity index (χ4n) is 2.79. The van der Waals surface area contributed by atoms with E-state index in [-0.39, 0.29) is 6.61 Å². The third-order valence-electron chi connectivity index (χ3n) is 4.29. The quantitative estimate of drug-likeness (QED) is 0.498. The molecule has 0 bridgehead atoms. The Bertz CT molecular complexity index is 1090. The van der Waals surface area contributed by atoms with E-state index in [1.54, 1.807) is 18.5 Å². The number of rotatable bonds is 5. The first-order valence-electron chi connectivity index (χ1n) is 8.79. The molecule has 0 atom stereocenters. The predicted molar refractivity (Wildman–Crippen MR) is 108 cm³/mol. The molecule has 0 aliphatic rings. The lowest BCUT2D eigenvalue weighted by Gasteiger charge is -2.11. The molecule has 0 radical (unpaired) electrons. The lowest BCUT2D eigenvalue weighted by atomic mass is 10.2. The molecule has 2 aromatic carbocycles. The van der Waals surface area contributed by atoms with Crippen LogP contribution in [0.4, 0.5) is 0 Å². The molecule has 0 aliphatic carbocycles. The normalized spacial score (nSPS) is 10.8. The second kappa shape index (κ2) is 7.78. The molecule has 0 fully saturated rings. The zero-order chi connectivity index (χ0) is 19.5. The van der Waals surface area contributed by atoms with Crippen LogP contribution < -0.4 is 4.74 Å². The van der Waals surface area contributed by atoms with E-state index in [9.17, 15) is 0 Å². The minimum atomic E-state index is 0.245. The summed E-state index contributed by atoms with van der Waals surface area (Å²) in [5, 5.41) is 9.35. The molecule has 4 aromatic rings. The lowest BCUT2D eigenvalue weighted by Crippen LogP contribution is -2.08. The Morgan fingerprint density at radius 2 is 1.71 bits per heavy atom. The lowest BCUT2D eigenvalue weighted by molar-refractivity contribution is 0.293. The van der Waals surface area contributed by atoms with Crippen LogP contribution in [0.5, 0.6) is 5.75 Å². The summed E-state index contributed by atoms with van der Waals surface area (Å²) in [4.78, 5) is 8.63. The fourth-order valence-corrected chi connectivity index (χ4v) is 2.91. The van der Waals surface area contributed by atoms with Crippen molar-refractivity contribution in [2.45, 2.75) is 20.5 Å². The summed E-state index contributed by atoms with van der Waals surface area (Å²) in [5.41, 5.74) is 3.05. The third-order valence-corrected chi connectivity index (χ3v) is 4.71. The maximum Gasteiger partial charge on any atom is 0.206 e. The van der Waals surface area contributed by atoms with Gasteiger partial charge in [-0.25, -0.2) is 9.97 Å². The van der Waals surface area contributed by atoms with Crippen molar-refractivity contribution in [2.24, 2.45) is 0 Å². The van der Waals surface area contributed by atoms with Crippen LogP contribution in [-0.4, -0.2) is 24.7 Å². The van der Waals surface area contributed by atoms with Gasteiger partial charge in [0.15, 0.2) is 11.6 Å². The van der Waals surface area contributed by atoms with E-state index in [0.717, 1.165) is 17.0 Å². The smallest absolute Gasteiger partial charge is 0.206 e. The van der Waals surface area contributed by atoms with Gasteiger partial charge in [0.25, 0.3) is 0 Å². The number of ether oxygens (including phenoxy) is 1. The van der Waals surface area contributed by atoms with Crippen LogP contribution in [0.3, 0.4) is 0 Å². The van der Waals surface area contributed by atoms with Crippen molar-refractivity contribution in [1.82, 2.24) is 24.7 Å². The Morgan fingerprint density at radius 3 is 2.43 bits per heavy atom. The topological polar surface area (TPSA) is 65.7 Å². The summed E-state index contributed by atoms with van der Waals surface area (Å²) < 4.78 is 7.85. The van der Waals surface area contributed by atoms with Crippen LogP contribution in [0.1, 0.15) is 17.0 Å². The molecule has 0 saturated carbocycles. The third kappa shape index (κ3) is 3.73. The van der Waals surface area contributed by atoms with Gasteiger partial charge in [-0.15, -0.1) is 10.2 Å². The zero-order valence-corrected chi connectivity index (χ0v) is 16.3. The summed E-state index contributed by atoms with van der Waals surface area (Å²) in [6.07, 6.45) is 3.37. The van der Waals surface area contributed by atoms with Crippen LogP contribution in [0.25, 0.3) is 17.3 Å². The molecule has 140 valence electrons. The SMILES string of the molecule is Cc1ccc(-n2c(COc3ccc(Cl)c(C)c3)nnc2-c2ncccn2)cc1. The number of hydrogen-bond donors (Lipinski definition) is 0. The van der Waals surface area contributed by atoms with Gasteiger partial charge >= 0.3 is 0 Å². The van der Waals surface area contributed by atoms with Crippen molar-refractivity contribution >= 4 is 11.6 Å². The van der Waals surface area contributed by atoms with E-state index < -0.39 is 0 Å². The molecule has 0 unspecified atom stereocenters. The Morgan fingerprint density at radius 1 is 0.964 bits per heavy atom. The molecule has 0 aliphatic heterocycles. The van der Waals surface area contributed by atoms with Gasteiger partial charge in [0, 0.05) is 23.1 Å². The molecule has 0 amide bonds. The first kappa shape index (κ1) is 18.1. The number of nitrogens with zero attached hydrogens (tertiary/aromatic N) is 5. The summed E-state index contributed by atoms with van der Waals surface area (Å²) in [6, 6.07) is 15.4. The van der Waals surface area contributed by atoms with Gasteiger partial charge < -0.3 is 4.74 Å². The van der Waals surface area contributed by atoms with Crippen LogP contribution >= 0.6 is 11.6 Å². The van der Waals surface area contributed by atoms with Crippen molar-refractivity contribution in [1.29, 1.82) is 0 Å². The highest BCUT2D eigenvalue weighted by atomic mass is 35.5. The maximum absolute atomic E-state index is 6.09. The molecular formula is C21H18ClN5O. The Balaban J connectivity index is 1.71. The number of benzene rings is 2. The predicted octanol–water partition coefficient (Wildman–Crippen LogP) is 4.57. The minimum absolute atomic E-state index is 0.245. The van der Waals surface area contributed by atoms with Gasteiger partial charge in [-0.05, 0) is 55.8 Å². The molecule has 4 rings (SSSR count). The van der Waals surface area contributed by atoms with Crippen molar-refractivity contribution in [3.8, 4) is 23.1 Å². The minimum Gasteiger partial charge on any atom is -0.486 e. The second-order valence-electron chi connectivity index (χ2n) is 6.38. The first-order chi connectivity index (χ1) is 13.6. The molecule has 0 saturated heterocycles. The van der Waals surface area contributed by atoms with Gasteiger partial charge in [0.2, 0.25) is 5.82 Å². The van der Waals surface area contributed by atoms with Crippen LogP contribution in [-0.2, 0) is 6.61 Å². The van der Waals surface area contributed by atoms with Gasteiger partial charge in [0.05, 0.1) is 0 Å². The second-order valence-corrected chi connectivity index (χ2v) is 6.79. The monoisotopic (exact) mass is 391 g/mol. The highest BCUT2D eigenvalue weighted by molar-refractivity contribution is 6.31. The molecule has 28 heavy (non-hydrogen) atoms. The number of hydrogen-bond acceptors (Lipinski definition) is 5. The van der Waals surface area contributed by atoms with Gasteiger partial charge in [0.1, 0.15) is 12.4 Å². The zero-order valence-electron chi connectivity index (χ0n) is 15.5. The Labute approximate surface area is 167 Å². The molecule has 0 N–H and O–H groups in total. The van der Waals surface area contributed by atoms with Gasteiger partial charge in [-0.2, -0.15) is 0 Å². The van der Waals surface area contributed by atoms with E-state index >= 15 is 0 Å². The Kier molecular flexibility index (Phi) is 5.04. The molecule has 2 heterocycles. The summed E-state index contributed by atoms with van der Waals surface area (Å²) >= 11 is 6.09. The van der Waals surface area contributed by atoms with Crippen molar-refractivity contribution in [2.75, 3.05) is 0 Å². The van der Waals surface area contributed by atoms with Crippen molar-refractivity contribution < 1.29 is 4.74 Å². The summed E-state index contributed by atoms with van der Waals surface area (Å²) in [7, 11) is 0. The average Bonchev–Trinajstić information content (AvgIpc) is 3.14. The van der Waals surface area contributed by atoms with Crippen LogP contribution in [0.2, 0.25) is 5.02 Å². The standard InChI is InChI=1S/C21H18ClN5O/c1-14-4-6-16(7-5-14)27-19(13-28-17-8-9-18(22)15(2)12-17)25-26-21(27)20-23-10-3-11-24-20/h3-12H,13H2,1-2H3. The number of halogens is 1. The molecule has 0 spiro atoms. The van der Waals surface area contributed by atoms with Crippen molar-refractivity contribution in [3.05, 3.63) is 82.9 Å². The summed E-state index contributed by atoms with van der Waals surface area (Å²) in [5.74, 6) is 2.44. The molecule has 6 nitrogen and oxygen atoms in total. The van der Waals surface area contributed by atoms with Crippen LogP contribution in [0.15, 0.2) is 60.9 Å². The van der Waals surface area contributed by atoms with E-state index in [2.05, 4.69) is 20.2 Å². The van der Waals surface area contributed by atoms with Gasteiger partial charge in [-0.3, -0.25) is 4.57 Å². The molecular weight excluding hydrogens is 374 g/mol. The number of aromatic nitrogens is 5. The van der Waals surface area contributed by atoms with E-state index in [1.807, 2.05) is 60.9 Å². The van der Waals surface area contributed by atoms with Crippen LogP contribution in [0, 0.1) is 13.8 Å². The highest BCUT2D eigenvalue weighted by Gasteiger charge is 2.18. The average molecular weight is 392 g/mol. The van der Waals surface area contributed by atoms with E-state index in [4.69, 9.17) is 16.3 Å². The summed E-state index contributed by atoms with van der Waals surface area (Å²) in [6.45, 7) is 4.23. The number of aryl methyl sites for hydroxylation is 2. The fraction of sp³-hybridized carbons (Fsp3) is 0.143. The van der Waals surface area contributed by atoms with Gasteiger partial charge in [-0.1, -0.05) is 29.3 Å². The first-order valence-corrected chi connectivity index (χ1v) is 9.17. The van der Waals surface area contributed by atoms with E-state index in [1.165, 1.54) is 5.56 Å². The van der Waals surface area contributed by atoms with Crippen molar-refractivity contribution in [3.63, 3.8) is 0 Å². The van der Waals surface area contributed by atoms with E-state index in [0.29, 0.717) is 22.5 Å². The molecule has 2 aromatic heterocycles.